The lowest BCUT2D eigenvalue weighted by Crippen LogP contribution is -2.39. The second-order valence-corrected chi connectivity index (χ2v) is 5.92. The SMILES string of the molecule is COc1ccc(CCC(C)NCC(C)(O)c2ccco2)cc1. The highest BCUT2D eigenvalue weighted by Gasteiger charge is 2.26. The fourth-order valence-electron chi connectivity index (χ4n) is 2.32. The molecule has 0 amide bonds. The van der Waals surface area contributed by atoms with Gasteiger partial charge in [-0.1, -0.05) is 12.1 Å². The molecule has 0 saturated heterocycles. The number of methoxy groups -OCH3 is 1. The fourth-order valence-corrected chi connectivity index (χ4v) is 2.32. The van der Waals surface area contributed by atoms with Crippen LogP contribution in [0.15, 0.2) is 47.1 Å². The highest BCUT2D eigenvalue weighted by atomic mass is 16.5. The smallest absolute Gasteiger partial charge is 0.136 e. The van der Waals surface area contributed by atoms with E-state index in [4.69, 9.17) is 9.15 Å². The minimum absolute atomic E-state index is 0.309. The molecule has 22 heavy (non-hydrogen) atoms. The van der Waals surface area contributed by atoms with E-state index in [1.165, 1.54) is 5.56 Å². The molecule has 2 aromatic rings. The van der Waals surface area contributed by atoms with E-state index >= 15 is 0 Å². The third-order valence-electron chi connectivity index (χ3n) is 3.87. The summed E-state index contributed by atoms with van der Waals surface area (Å²) in [7, 11) is 1.67. The van der Waals surface area contributed by atoms with E-state index in [1.54, 1.807) is 32.4 Å². The Kier molecular flexibility index (Phi) is 5.63. The standard InChI is InChI=1S/C18H25NO3/c1-14(6-7-15-8-10-16(21-3)11-9-15)19-13-18(2,20)17-5-4-12-22-17/h4-5,8-12,14,19-20H,6-7,13H2,1-3H3. The molecule has 4 nitrogen and oxygen atoms in total. The number of rotatable bonds is 8. The van der Waals surface area contributed by atoms with Crippen LogP contribution in [0, 0.1) is 0 Å². The van der Waals surface area contributed by atoms with Crippen LogP contribution >= 0.6 is 0 Å². The average Bonchev–Trinajstić information content (AvgIpc) is 3.07. The van der Waals surface area contributed by atoms with Gasteiger partial charge >= 0.3 is 0 Å². The number of ether oxygens (including phenoxy) is 1. The molecule has 0 aliphatic rings. The zero-order valence-electron chi connectivity index (χ0n) is 13.5. The van der Waals surface area contributed by atoms with Crippen LogP contribution in [0.5, 0.6) is 5.75 Å². The van der Waals surface area contributed by atoms with Crippen molar-refractivity contribution in [2.75, 3.05) is 13.7 Å². The largest absolute Gasteiger partial charge is 0.497 e. The molecule has 1 aromatic carbocycles. The van der Waals surface area contributed by atoms with Gasteiger partial charge in [-0.15, -0.1) is 0 Å². The first-order chi connectivity index (χ1) is 10.5. The van der Waals surface area contributed by atoms with Crippen LogP contribution in [0.1, 0.15) is 31.6 Å². The van der Waals surface area contributed by atoms with Crippen molar-refractivity contribution in [2.24, 2.45) is 0 Å². The van der Waals surface area contributed by atoms with Crippen molar-refractivity contribution in [3.63, 3.8) is 0 Å². The van der Waals surface area contributed by atoms with Gasteiger partial charge in [0.15, 0.2) is 0 Å². The van der Waals surface area contributed by atoms with Crippen LogP contribution in [0.2, 0.25) is 0 Å². The van der Waals surface area contributed by atoms with Gasteiger partial charge in [-0.25, -0.2) is 0 Å². The maximum absolute atomic E-state index is 10.4. The van der Waals surface area contributed by atoms with Crippen LogP contribution in [-0.4, -0.2) is 24.8 Å². The van der Waals surface area contributed by atoms with Crippen molar-refractivity contribution in [3.05, 3.63) is 54.0 Å². The summed E-state index contributed by atoms with van der Waals surface area (Å²) in [6.07, 6.45) is 3.57. The third kappa shape index (κ3) is 4.61. The van der Waals surface area contributed by atoms with E-state index in [1.807, 2.05) is 12.1 Å². The highest BCUT2D eigenvalue weighted by Crippen LogP contribution is 2.20. The molecule has 0 radical (unpaired) electrons. The van der Waals surface area contributed by atoms with Crippen molar-refractivity contribution in [3.8, 4) is 5.75 Å². The lowest BCUT2D eigenvalue weighted by Gasteiger charge is -2.24. The van der Waals surface area contributed by atoms with E-state index in [9.17, 15) is 5.11 Å². The van der Waals surface area contributed by atoms with E-state index in [0.29, 0.717) is 18.3 Å². The molecule has 0 aliphatic carbocycles. The normalized spacial score (nSPS) is 15.3. The zero-order chi connectivity index (χ0) is 16.0. The molecule has 0 spiro atoms. The monoisotopic (exact) mass is 303 g/mol. The summed E-state index contributed by atoms with van der Waals surface area (Å²) in [6.45, 7) is 4.35. The molecule has 0 saturated carbocycles. The summed E-state index contributed by atoms with van der Waals surface area (Å²) in [5, 5.41) is 13.8. The minimum Gasteiger partial charge on any atom is -0.497 e. The number of furan rings is 1. The Morgan fingerprint density at radius 1 is 1.27 bits per heavy atom. The predicted molar refractivity (Wildman–Crippen MR) is 87.1 cm³/mol. The average molecular weight is 303 g/mol. The molecule has 120 valence electrons. The fraction of sp³-hybridized carbons (Fsp3) is 0.444. The topological polar surface area (TPSA) is 54.6 Å². The van der Waals surface area contributed by atoms with Crippen LogP contribution in [0.4, 0.5) is 0 Å². The van der Waals surface area contributed by atoms with Gasteiger partial charge in [0.2, 0.25) is 0 Å². The van der Waals surface area contributed by atoms with E-state index in [-0.39, 0.29) is 0 Å². The molecular formula is C18H25NO3. The van der Waals surface area contributed by atoms with Crippen molar-refractivity contribution in [1.82, 2.24) is 5.32 Å². The van der Waals surface area contributed by atoms with Gasteiger partial charge in [-0.05, 0) is 56.5 Å². The molecule has 0 aliphatic heterocycles. The van der Waals surface area contributed by atoms with Crippen LogP contribution < -0.4 is 10.1 Å². The Bertz CT molecular complexity index is 546. The van der Waals surface area contributed by atoms with Gasteiger partial charge in [-0.3, -0.25) is 0 Å². The van der Waals surface area contributed by atoms with Crippen LogP contribution in [0.3, 0.4) is 0 Å². The molecule has 2 rings (SSSR count). The number of benzene rings is 1. The maximum atomic E-state index is 10.4. The molecule has 2 N–H and O–H groups in total. The van der Waals surface area contributed by atoms with Crippen LogP contribution in [-0.2, 0) is 12.0 Å². The summed E-state index contributed by atoms with van der Waals surface area (Å²) < 4.78 is 10.4. The molecule has 2 atom stereocenters. The maximum Gasteiger partial charge on any atom is 0.136 e. The summed E-state index contributed by atoms with van der Waals surface area (Å²) in [5.74, 6) is 1.46. The second-order valence-electron chi connectivity index (χ2n) is 5.92. The van der Waals surface area contributed by atoms with Gasteiger partial charge < -0.3 is 19.6 Å². The van der Waals surface area contributed by atoms with Crippen molar-refractivity contribution >= 4 is 0 Å². The first-order valence-corrected chi connectivity index (χ1v) is 7.64. The molecule has 2 unspecified atom stereocenters. The first-order valence-electron chi connectivity index (χ1n) is 7.64. The van der Waals surface area contributed by atoms with Crippen molar-refractivity contribution in [2.45, 2.75) is 38.3 Å². The lowest BCUT2D eigenvalue weighted by atomic mass is 10.0. The molecule has 1 aromatic heterocycles. The summed E-state index contributed by atoms with van der Waals surface area (Å²) in [6, 6.07) is 12.0. The van der Waals surface area contributed by atoms with Gasteiger partial charge in [0.25, 0.3) is 0 Å². The molecule has 0 bridgehead atoms. The molecule has 0 fully saturated rings. The Morgan fingerprint density at radius 2 is 2.00 bits per heavy atom. The number of aryl methyl sites for hydroxylation is 1. The van der Waals surface area contributed by atoms with Gasteiger partial charge in [0.05, 0.1) is 13.4 Å². The van der Waals surface area contributed by atoms with Crippen LogP contribution in [0.25, 0.3) is 0 Å². The highest BCUT2D eigenvalue weighted by molar-refractivity contribution is 5.27. The summed E-state index contributed by atoms with van der Waals surface area (Å²) in [4.78, 5) is 0. The van der Waals surface area contributed by atoms with E-state index < -0.39 is 5.60 Å². The van der Waals surface area contributed by atoms with E-state index in [2.05, 4.69) is 24.4 Å². The minimum atomic E-state index is -0.988. The molecular weight excluding hydrogens is 278 g/mol. The number of hydrogen-bond donors (Lipinski definition) is 2. The Hall–Kier alpha value is -1.78. The quantitative estimate of drug-likeness (QED) is 0.787. The number of nitrogens with one attached hydrogen (secondary N) is 1. The predicted octanol–water partition coefficient (Wildman–Crippen LogP) is 3.11. The number of hydrogen-bond acceptors (Lipinski definition) is 4. The lowest BCUT2D eigenvalue weighted by molar-refractivity contribution is 0.0318. The summed E-state index contributed by atoms with van der Waals surface area (Å²) >= 11 is 0. The number of aliphatic hydroxyl groups is 1. The van der Waals surface area contributed by atoms with E-state index in [0.717, 1.165) is 18.6 Å². The van der Waals surface area contributed by atoms with Gasteiger partial charge in [-0.2, -0.15) is 0 Å². The van der Waals surface area contributed by atoms with Crippen molar-refractivity contribution < 1.29 is 14.3 Å². The summed E-state index contributed by atoms with van der Waals surface area (Å²) in [5.41, 5.74) is 0.296. The second kappa shape index (κ2) is 7.47. The van der Waals surface area contributed by atoms with Crippen molar-refractivity contribution in [1.29, 1.82) is 0 Å². The zero-order valence-corrected chi connectivity index (χ0v) is 13.5. The Morgan fingerprint density at radius 3 is 2.59 bits per heavy atom. The van der Waals surface area contributed by atoms with Gasteiger partial charge in [0, 0.05) is 12.6 Å². The Balaban J connectivity index is 1.76. The first kappa shape index (κ1) is 16.6. The third-order valence-corrected chi connectivity index (χ3v) is 3.87. The molecule has 4 heteroatoms. The van der Waals surface area contributed by atoms with Gasteiger partial charge in [0.1, 0.15) is 17.1 Å². The molecule has 1 heterocycles. The Labute approximate surface area is 132 Å².